The number of halogens is 2. The first-order valence-electron chi connectivity index (χ1n) is 11.6. The number of fused-ring (bicyclic) bond motifs is 1. The van der Waals surface area contributed by atoms with Crippen LogP contribution in [-0.4, -0.2) is 47.5 Å². The number of hydrogen-bond donors (Lipinski definition) is 2. The van der Waals surface area contributed by atoms with Gasteiger partial charge in [0.05, 0.1) is 48.1 Å². The number of anilines is 2. The lowest BCUT2D eigenvalue weighted by Gasteiger charge is -2.35. The maximum absolute atomic E-state index is 14.3. The predicted molar refractivity (Wildman–Crippen MR) is 137 cm³/mol. The van der Waals surface area contributed by atoms with Crippen LogP contribution >= 0.6 is 11.6 Å². The van der Waals surface area contributed by atoms with Crippen LogP contribution in [0, 0.1) is 5.82 Å². The highest BCUT2D eigenvalue weighted by atomic mass is 35.5. The van der Waals surface area contributed by atoms with E-state index in [1.807, 2.05) is 49.5 Å². The summed E-state index contributed by atoms with van der Waals surface area (Å²) in [5, 5.41) is 14.4. The van der Waals surface area contributed by atoms with Crippen LogP contribution in [0.5, 0.6) is 0 Å². The van der Waals surface area contributed by atoms with Crippen molar-refractivity contribution in [3.8, 4) is 11.1 Å². The van der Waals surface area contributed by atoms with Crippen molar-refractivity contribution in [3.63, 3.8) is 0 Å². The number of aliphatic hydroxyl groups excluding tert-OH is 1. The molecular weight excluding hydrogens is 467 g/mol. The Kier molecular flexibility index (Phi) is 6.81. The van der Waals surface area contributed by atoms with Crippen LogP contribution in [0.15, 0.2) is 67.0 Å². The summed E-state index contributed by atoms with van der Waals surface area (Å²) in [6.07, 6.45) is 3.43. The molecule has 2 atom stereocenters. The zero-order chi connectivity index (χ0) is 24.4. The Balaban J connectivity index is 1.47. The van der Waals surface area contributed by atoms with E-state index in [0.29, 0.717) is 36.0 Å². The Hall–Kier alpha value is -3.26. The van der Waals surface area contributed by atoms with E-state index >= 15 is 0 Å². The number of pyridine rings is 2. The lowest BCUT2D eigenvalue weighted by atomic mass is 10.0. The highest BCUT2D eigenvalue weighted by Crippen LogP contribution is 2.35. The van der Waals surface area contributed by atoms with Crippen LogP contribution in [0.25, 0.3) is 22.0 Å². The molecule has 1 saturated heterocycles. The van der Waals surface area contributed by atoms with Gasteiger partial charge >= 0.3 is 0 Å². The van der Waals surface area contributed by atoms with E-state index in [9.17, 15) is 9.50 Å². The smallest absolute Gasteiger partial charge is 0.128 e. The number of rotatable bonds is 6. The molecule has 2 N–H and O–H groups in total. The van der Waals surface area contributed by atoms with Gasteiger partial charge in [-0.15, -0.1) is 0 Å². The molecule has 0 amide bonds. The van der Waals surface area contributed by atoms with Crippen LogP contribution in [-0.2, 0) is 4.74 Å². The van der Waals surface area contributed by atoms with Gasteiger partial charge in [0.2, 0.25) is 0 Å². The van der Waals surface area contributed by atoms with Crippen LogP contribution in [0.2, 0.25) is 5.02 Å². The first kappa shape index (κ1) is 23.5. The van der Waals surface area contributed by atoms with Crippen molar-refractivity contribution >= 4 is 34.0 Å². The topological polar surface area (TPSA) is 70.5 Å². The van der Waals surface area contributed by atoms with Gasteiger partial charge in [0.1, 0.15) is 11.6 Å². The third-order valence-electron chi connectivity index (χ3n) is 6.37. The summed E-state index contributed by atoms with van der Waals surface area (Å²) in [7, 11) is 0. The summed E-state index contributed by atoms with van der Waals surface area (Å²) in [6, 6.07) is 16.3. The van der Waals surface area contributed by atoms with E-state index in [2.05, 4.69) is 20.2 Å². The second-order valence-electron chi connectivity index (χ2n) is 8.61. The molecule has 5 rings (SSSR count). The maximum atomic E-state index is 14.3. The van der Waals surface area contributed by atoms with Crippen LogP contribution < -0.4 is 10.2 Å². The molecule has 0 aliphatic carbocycles. The third kappa shape index (κ3) is 4.80. The van der Waals surface area contributed by atoms with Crippen LogP contribution in [0.3, 0.4) is 0 Å². The van der Waals surface area contributed by atoms with E-state index in [4.69, 9.17) is 16.3 Å². The quantitative estimate of drug-likeness (QED) is 0.372. The Morgan fingerprint density at radius 1 is 1.14 bits per heavy atom. The lowest BCUT2D eigenvalue weighted by Crippen LogP contribution is -2.48. The molecule has 35 heavy (non-hydrogen) atoms. The lowest BCUT2D eigenvalue weighted by molar-refractivity contribution is 0.0723. The molecule has 2 aromatic heterocycles. The molecule has 2 aromatic carbocycles. The van der Waals surface area contributed by atoms with Gasteiger partial charge in [-0.25, -0.2) is 9.37 Å². The van der Waals surface area contributed by atoms with Gasteiger partial charge in [0, 0.05) is 35.5 Å². The van der Waals surface area contributed by atoms with Crippen LogP contribution in [0.1, 0.15) is 18.5 Å². The van der Waals surface area contributed by atoms with Crippen molar-refractivity contribution in [1.29, 1.82) is 0 Å². The predicted octanol–water partition coefficient (Wildman–Crippen LogP) is 5.46. The number of hydrogen-bond acceptors (Lipinski definition) is 6. The number of benzene rings is 2. The highest BCUT2D eigenvalue weighted by molar-refractivity contribution is 6.34. The van der Waals surface area contributed by atoms with Crippen molar-refractivity contribution in [2.24, 2.45) is 0 Å². The number of nitrogens with one attached hydrogen (secondary N) is 1. The van der Waals surface area contributed by atoms with Crippen molar-refractivity contribution in [2.75, 3.05) is 36.6 Å². The molecule has 8 heteroatoms. The van der Waals surface area contributed by atoms with E-state index in [-0.39, 0.29) is 24.5 Å². The number of morpholine rings is 1. The number of aliphatic hydroxyl groups is 1. The Labute approximate surface area is 208 Å². The molecule has 0 radical (unpaired) electrons. The molecule has 1 aliphatic rings. The van der Waals surface area contributed by atoms with Crippen molar-refractivity contribution < 1.29 is 14.2 Å². The number of nitrogens with zero attached hydrogens (tertiary/aromatic N) is 3. The SMILES string of the molecule is C[C@@H](Nc1c(Cl)cnc2ccc(-c3ccc(N4CCOC[C@H]4CO)nc3)cc12)c1ccccc1F. The van der Waals surface area contributed by atoms with Gasteiger partial charge in [0.15, 0.2) is 0 Å². The highest BCUT2D eigenvalue weighted by Gasteiger charge is 2.23. The Morgan fingerprint density at radius 3 is 2.74 bits per heavy atom. The molecule has 0 bridgehead atoms. The first-order valence-corrected chi connectivity index (χ1v) is 11.9. The van der Waals surface area contributed by atoms with Gasteiger partial charge in [-0.1, -0.05) is 35.9 Å². The maximum Gasteiger partial charge on any atom is 0.128 e. The Morgan fingerprint density at radius 2 is 1.97 bits per heavy atom. The summed E-state index contributed by atoms with van der Waals surface area (Å²) in [6.45, 7) is 3.70. The van der Waals surface area contributed by atoms with Gasteiger partial charge < -0.3 is 20.1 Å². The van der Waals surface area contributed by atoms with Crippen LogP contribution in [0.4, 0.5) is 15.9 Å². The minimum atomic E-state index is -0.295. The molecule has 0 spiro atoms. The van der Waals surface area contributed by atoms with Gasteiger partial charge in [-0.3, -0.25) is 4.98 Å². The monoisotopic (exact) mass is 492 g/mol. The standard InChI is InChI=1S/C27H26ClFN4O2/c1-17(21-4-2-3-5-24(21)29)32-27-22-12-18(6-8-25(22)30-14-23(27)28)19-7-9-26(31-13-19)33-10-11-35-16-20(33)15-34/h2-9,12-14,17,20,34H,10-11,15-16H2,1H3,(H,30,32)/t17-,20-/m1/s1. The van der Waals surface area contributed by atoms with Crippen molar-refractivity contribution in [1.82, 2.24) is 9.97 Å². The molecule has 1 aliphatic heterocycles. The molecule has 4 aromatic rings. The minimum Gasteiger partial charge on any atom is -0.394 e. The van der Waals surface area contributed by atoms with E-state index < -0.39 is 0 Å². The molecule has 0 saturated carbocycles. The normalized spacial score (nSPS) is 16.9. The number of ether oxygens (including phenoxy) is 1. The minimum absolute atomic E-state index is 0.0168. The van der Waals surface area contributed by atoms with Gasteiger partial charge in [-0.05, 0) is 42.8 Å². The molecule has 6 nitrogen and oxygen atoms in total. The van der Waals surface area contributed by atoms with Crippen molar-refractivity contribution in [2.45, 2.75) is 19.0 Å². The van der Waals surface area contributed by atoms with E-state index in [1.54, 1.807) is 18.3 Å². The average Bonchev–Trinajstić information content (AvgIpc) is 2.90. The number of aromatic nitrogens is 2. The fourth-order valence-corrected chi connectivity index (χ4v) is 4.65. The summed E-state index contributed by atoms with van der Waals surface area (Å²) >= 11 is 6.54. The first-order chi connectivity index (χ1) is 17.0. The molecule has 0 unspecified atom stereocenters. The molecular formula is C27H26ClFN4O2. The second-order valence-corrected chi connectivity index (χ2v) is 9.02. The molecule has 3 heterocycles. The summed E-state index contributed by atoms with van der Waals surface area (Å²) in [4.78, 5) is 11.2. The van der Waals surface area contributed by atoms with Crippen molar-refractivity contribution in [3.05, 3.63) is 83.4 Å². The van der Waals surface area contributed by atoms with Gasteiger partial charge in [0.25, 0.3) is 0 Å². The molecule has 1 fully saturated rings. The summed E-state index contributed by atoms with van der Waals surface area (Å²) in [5.74, 6) is 0.542. The summed E-state index contributed by atoms with van der Waals surface area (Å²) in [5.41, 5.74) is 3.96. The fourth-order valence-electron chi connectivity index (χ4n) is 4.45. The molecule has 180 valence electrons. The third-order valence-corrected chi connectivity index (χ3v) is 6.65. The fraction of sp³-hybridized carbons (Fsp3) is 0.259. The average molecular weight is 493 g/mol. The Bertz CT molecular complexity index is 1330. The van der Waals surface area contributed by atoms with E-state index in [0.717, 1.165) is 27.8 Å². The second kappa shape index (κ2) is 10.2. The zero-order valence-electron chi connectivity index (χ0n) is 19.3. The van der Waals surface area contributed by atoms with Gasteiger partial charge in [-0.2, -0.15) is 0 Å². The largest absolute Gasteiger partial charge is 0.394 e. The van der Waals surface area contributed by atoms with E-state index in [1.165, 1.54) is 6.07 Å². The zero-order valence-corrected chi connectivity index (χ0v) is 20.0. The summed E-state index contributed by atoms with van der Waals surface area (Å²) < 4.78 is 19.8.